The van der Waals surface area contributed by atoms with Crippen molar-refractivity contribution in [3.63, 3.8) is 0 Å². The Morgan fingerprint density at radius 1 is 0.585 bits per heavy atom. The monoisotopic (exact) mass is 540 g/mol. The van der Waals surface area contributed by atoms with Gasteiger partial charge < -0.3 is 8.83 Å². The summed E-state index contributed by atoms with van der Waals surface area (Å²) in [5.74, 6) is 1.31. The molecule has 0 N–H and O–H groups in total. The molecule has 0 saturated carbocycles. The van der Waals surface area contributed by atoms with E-state index in [1.165, 1.54) is 44.1 Å². The summed E-state index contributed by atoms with van der Waals surface area (Å²) in [4.78, 5) is 9.36. The third kappa shape index (κ3) is 6.49. The Hall–Kier alpha value is -4.44. The molecule has 2 aromatic heterocycles. The van der Waals surface area contributed by atoms with Crippen LogP contribution in [0.4, 0.5) is 0 Å². The zero-order valence-corrected chi connectivity index (χ0v) is 23.9. The van der Waals surface area contributed by atoms with Crippen molar-refractivity contribution >= 4 is 34.4 Å². The molecular weight excluding hydrogens is 504 g/mol. The fourth-order valence-electron chi connectivity index (χ4n) is 5.18. The quantitative estimate of drug-likeness (QED) is 0.121. The first-order valence-electron chi connectivity index (χ1n) is 14.8. The van der Waals surface area contributed by atoms with Crippen LogP contribution < -0.4 is 0 Å². The first-order valence-corrected chi connectivity index (χ1v) is 14.8. The number of rotatable bonds is 11. The largest absolute Gasteiger partial charge is 0.436 e. The van der Waals surface area contributed by atoms with Crippen LogP contribution in [0.3, 0.4) is 0 Å². The van der Waals surface area contributed by atoms with Gasteiger partial charge in [0.15, 0.2) is 11.2 Å². The van der Waals surface area contributed by atoms with Gasteiger partial charge in [-0.25, -0.2) is 9.97 Å². The minimum atomic E-state index is 0.643. The second kappa shape index (κ2) is 12.4. The molecule has 0 aliphatic rings. The molecule has 0 spiro atoms. The van der Waals surface area contributed by atoms with Gasteiger partial charge in [0, 0.05) is 11.1 Å². The summed E-state index contributed by atoms with van der Waals surface area (Å²) in [5, 5.41) is 0. The van der Waals surface area contributed by atoms with Crippen molar-refractivity contribution in [3.05, 3.63) is 107 Å². The van der Waals surface area contributed by atoms with Gasteiger partial charge in [-0.1, -0.05) is 87.6 Å². The average molecular weight is 541 g/mol. The van der Waals surface area contributed by atoms with Crippen molar-refractivity contribution in [1.29, 1.82) is 0 Å². The number of oxazole rings is 2. The number of aromatic nitrogens is 2. The molecule has 206 valence electrons. The van der Waals surface area contributed by atoms with Gasteiger partial charge in [0.05, 0.1) is 0 Å². The minimum absolute atomic E-state index is 0.643. The molecule has 6 rings (SSSR count). The highest BCUT2D eigenvalue weighted by Gasteiger charge is 2.10. The molecule has 0 amide bonds. The Morgan fingerprint density at radius 3 is 1.73 bits per heavy atom. The second-order valence-electron chi connectivity index (χ2n) is 10.9. The van der Waals surface area contributed by atoms with Crippen molar-refractivity contribution in [2.45, 2.75) is 58.8 Å². The number of unbranched alkanes of at least 4 members (excludes halogenated alkanes) is 5. The van der Waals surface area contributed by atoms with Crippen LogP contribution in [0.15, 0.2) is 93.8 Å². The van der Waals surface area contributed by atoms with E-state index in [2.05, 4.69) is 91.6 Å². The first kappa shape index (κ1) is 26.8. The Kier molecular flexibility index (Phi) is 8.09. The highest BCUT2D eigenvalue weighted by molar-refractivity contribution is 5.79. The smallest absolute Gasteiger partial charge is 0.227 e. The zero-order valence-electron chi connectivity index (χ0n) is 23.9. The van der Waals surface area contributed by atoms with Gasteiger partial charge >= 0.3 is 0 Å². The summed E-state index contributed by atoms with van der Waals surface area (Å²) >= 11 is 0. The summed E-state index contributed by atoms with van der Waals surface area (Å²) in [5.41, 5.74) is 10.1. The number of hydrogen-bond acceptors (Lipinski definition) is 4. The first-order chi connectivity index (χ1) is 20.1. The molecule has 0 aliphatic heterocycles. The van der Waals surface area contributed by atoms with E-state index >= 15 is 0 Å². The summed E-state index contributed by atoms with van der Waals surface area (Å²) < 4.78 is 12.1. The van der Waals surface area contributed by atoms with Gasteiger partial charge in [-0.2, -0.15) is 0 Å². The standard InChI is InChI=1S/C37H36N2O2/c1-3-4-5-6-7-8-9-29-17-23-33-35(25-29)41-37(39-33)31-20-15-28(16-21-31)12-11-27-13-18-30(19-14-27)36-38-32-22-10-26(2)24-34(32)40-36/h10-25H,3-9H2,1-2H3/b12-11+. The zero-order chi connectivity index (χ0) is 28.0. The molecule has 4 nitrogen and oxygen atoms in total. The maximum Gasteiger partial charge on any atom is 0.227 e. The summed E-state index contributed by atoms with van der Waals surface area (Å²) in [7, 11) is 0. The highest BCUT2D eigenvalue weighted by Crippen LogP contribution is 2.27. The number of benzene rings is 4. The van der Waals surface area contributed by atoms with Crippen LogP contribution in [0.2, 0.25) is 0 Å². The molecule has 4 heteroatoms. The fraction of sp³-hybridized carbons (Fsp3) is 0.243. The van der Waals surface area contributed by atoms with Gasteiger partial charge in [-0.15, -0.1) is 0 Å². The van der Waals surface area contributed by atoms with E-state index in [9.17, 15) is 0 Å². The molecule has 4 aromatic carbocycles. The minimum Gasteiger partial charge on any atom is -0.436 e. The topological polar surface area (TPSA) is 52.1 Å². The van der Waals surface area contributed by atoms with Gasteiger partial charge in [0.2, 0.25) is 11.8 Å². The molecular formula is C37H36N2O2. The number of hydrogen-bond donors (Lipinski definition) is 0. The van der Waals surface area contributed by atoms with Crippen LogP contribution in [0.25, 0.3) is 57.3 Å². The number of fused-ring (bicyclic) bond motifs is 2. The summed E-state index contributed by atoms with van der Waals surface area (Å²) in [6.07, 6.45) is 13.2. The van der Waals surface area contributed by atoms with Crippen molar-refractivity contribution in [1.82, 2.24) is 9.97 Å². The van der Waals surface area contributed by atoms with Crippen LogP contribution >= 0.6 is 0 Å². The van der Waals surface area contributed by atoms with E-state index in [0.717, 1.165) is 56.4 Å². The Labute approximate surface area is 241 Å². The van der Waals surface area contributed by atoms with E-state index in [1.54, 1.807) is 0 Å². The lowest BCUT2D eigenvalue weighted by Crippen LogP contribution is -1.86. The molecule has 6 aromatic rings. The van der Waals surface area contributed by atoms with Crippen LogP contribution in [-0.4, -0.2) is 9.97 Å². The Morgan fingerprint density at radius 2 is 1.12 bits per heavy atom. The number of nitrogens with zero attached hydrogens (tertiary/aromatic N) is 2. The van der Waals surface area contributed by atoms with Crippen molar-refractivity contribution in [3.8, 4) is 22.9 Å². The van der Waals surface area contributed by atoms with Crippen LogP contribution in [-0.2, 0) is 6.42 Å². The van der Waals surface area contributed by atoms with E-state index in [1.807, 2.05) is 24.3 Å². The van der Waals surface area contributed by atoms with Gasteiger partial charge in [-0.05, 0) is 90.6 Å². The average Bonchev–Trinajstić information content (AvgIpc) is 3.62. The molecule has 0 atom stereocenters. The van der Waals surface area contributed by atoms with Crippen molar-refractivity contribution in [2.75, 3.05) is 0 Å². The fourth-order valence-corrected chi connectivity index (χ4v) is 5.18. The van der Waals surface area contributed by atoms with E-state index in [4.69, 9.17) is 13.8 Å². The third-order valence-electron chi connectivity index (χ3n) is 7.60. The SMILES string of the molecule is CCCCCCCCc1ccc2nc(-c3ccc(/C=C/c4ccc(-c5nc6ccc(C)cc6o5)cc4)cc3)oc2c1. The van der Waals surface area contributed by atoms with E-state index < -0.39 is 0 Å². The van der Waals surface area contributed by atoms with Crippen LogP contribution in [0.1, 0.15) is 67.7 Å². The highest BCUT2D eigenvalue weighted by atomic mass is 16.4. The Bertz CT molecular complexity index is 1770. The van der Waals surface area contributed by atoms with Gasteiger partial charge in [-0.3, -0.25) is 0 Å². The maximum atomic E-state index is 6.15. The van der Waals surface area contributed by atoms with Crippen LogP contribution in [0.5, 0.6) is 0 Å². The van der Waals surface area contributed by atoms with E-state index in [0.29, 0.717) is 11.8 Å². The molecule has 41 heavy (non-hydrogen) atoms. The van der Waals surface area contributed by atoms with E-state index in [-0.39, 0.29) is 0 Å². The third-order valence-corrected chi connectivity index (χ3v) is 7.60. The summed E-state index contributed by atoms with van der Waals surface area (Å²) in [6.45, 7) is 4.31. The normalized spacial score (nSPS) is 11.8. The van der Waals surface area contributed by atoms with Crippen molar-refractivity contribution in [2.24, 2.45) is 0 Å². The molecule has 0 bridgehead atoms. The molecule has 0 unspecified atom stereocenters. The Balaban J connectivity index is 1.08. The molecule has 0 saturated heterocycles. The molecule has 2 heterocycles. The van der Waals surface area contributed by atoms with Crippen molar-refractivity contribution < 1.29 is 8.83 Å². The summed E-state index contributed by atoms with van der Waals surface area (Å²) in [6, 6.07) is 29.1. The lowest BCUT2D eigenvalue weighted by molar-refractivity contribution is 0.605. The maximum absolute atomic E-state index is 6.15. The number of aryl methyl sites for hydroxylation is 2. The lowest BCUT2D eigenvalue weighted by Gasteiger charge is -2.01. The van der Waals surface area contributed by atoms with Gasteiger partial charge in [0.1, 0.15) is 11.0 Å². The molecule has 0 radical (unpaired) electrons. The molecule has 0 fully saturated rings. The molecule has 0 aliphatic carbocycles. The lowest BCUT2D eigenvalue weighted by atomic mass is 10.0. The predicted octanol–water partition coefficient (Wildman–Crippen LogP) is 10.7. The van der Waals surface area contributed by atoms with Crippen LogP contribution in [0, 0.1) is 6.92 Å². The van der Waals surface area contributed by atoms with Gasteiger partial charge in [0.25, 0.3) is 0 Å². The predicted molar refractivity (Wildman–Crippen MR) is 170 cm³/mol. The second-order valence-corrected chi connectivity index (χ2v) is 10.9.